The molecular formula is C17H17N5O4S. The minimum atomic E-state index is -3.78. The summed E-state index contributed by atoms with van der Waals surface area (Å²) >= 11 is 0. The van der Waals surface area contributed by atoms with E-state index in [4.69, 9.17) is 0 Å². The van der Waals surface area contributed by atoms with Gasteiger partial charge in [-0.3, -0.25) is 9.13 Å². The summed E-state index contributed by atoms with van der Waals surface area (Å²) in [6.07, 6.45) is 0. The van der Waals surface area contributed by atoms with Gasteiger partial charge in [-0.1, -0.05) is 12.1 Å². The lowest BCUT2D eigenvalue weighted by molar-refractivity contribution is 0.571. The van der Waals surface area contributed by atoms with Crippen molar-refractivity contribution in [2.24, 2.45) is 7.05 Å². The van der Waals surface area contributed by atoms with Crippen molar-refractivity contribution < 1.29 is 8.42 Å². The smallest absolute Gasteiger partial charge is 0.306 e. The van der Waals surface area contributed by atoms with Crippen LogP contribution in [0.1, 0.15) is 0 Å². The third kappa shape index (κ3) is 2.98. The van der Waals surface area contributed by atoms with Crippen LogP contribution in [0.5, 0.6) is 0 Å². The fraction of sp³-hybridized carbons (Fsp3) is 0.176. The fourth-order valence-corrected chi connectivity index (χ4v) is 4.18. The van der Waals surface area contributed by atoms with Gasteiger partial charge < -0.3 is 9.97 Å². The molecule has 10 heteroatoms. The number of imidazole rings is 2. The minimum Gasteiger partial charge on any atom is -0.306 e. The van der Waals surface area contributed by atoms with Crippen molar-refractivity contribution in [3.8, 4) is 0 Å². The van der Waals surface area contributed by atoms with E-state index < -0.39 is 15.7 Å². The van der Waals surface area contributed by atoms with Crippen LogP contribution in [0.3, 0.4) is 0 Å². The molecular weight excluding hydrogens is 370 g/mol. The molecule has 4 rings (SSSR count). The van der Waals surface area contributed by atoms with Crippen molar-refractivity contribution in [2.45, 2.75) is 11.4 Å². The molecule has 0 saturated carbocycles. The molecule has 0 saturated heterocycles. The van der Waals surface area contributed by atoms with Crippen molar-refractivity contribution in [3.05, 3.63) is 63.4 Å². The minimum absolute atomic E-state index is 0.0375. The van der Waals surface area contributed by atoms with E-state index in [9.17, 15) is 18.0 Å². The van der Waals surface area contributed by atoms with Crippen LogP contribution < -0.4 is 16.1 Å². The Hall–Kier alpha value is -3.11. The van der Waals surface area contributed by atoms with Crippen LogP contribution in [0.4, 0.5) is 0 Å². The van der Waals surface area contributed by atoms with E-state index in [1.807, 2.05) is 24.3 Å². The van der Waals surface area contributed by atoms with Crippen LogP contribution in [0.2, 0.25) is 0 Å². The van der Waals surface area contributed by atoms with Gasteiger partial charge in [-0.25, -0.2) is 22.7 Å². The first kappa shape index (κ1) is 17.3. The molecule has 0 aliphatic rings. The largest absolute Gasteiger partial charge is 0.328 e. The Labute approximate surface area is 153 Å². The molecule has 2 heterocycles. The quantitative estimate of drug-likeness (QED) is 0.461. The zero-order chi connectivity index (χ0) is 19.2. The number of hydrogen-bond acceptors (Lipinski definition) is 4. The zero-order valence-electron chi connectivity index (χ0n) is 14.4. The van der Waals surface area contributed by atoms with Crippen molar-refractivity contribution in [1.82, 2.24) is 23.8 Å². The first-order valence-electron chi connectivity index (χ1n) is 8.23. The van der Waals surface area contributed by atoms with Crippen molar-refractivity contribution in [2.75, 3.05) is 6.54 Å². The van der Waals surface area contributed by atoms with Crippen LogP contribution in [-0.2, 0) is 23.6 Å². The van der Waals surface area contributed by atoms with Gasteiger partial charge in [0.2, 0.25) is 10.0 Å². The molecule has 2 aromatic carbocycles. The number of benzene rings is 2. The lowest BCUT2D eigenvalue weighted by Gasteiger charge is -2.08. The van der Waals surface area contributed by atoms with E-state index in [1.54, 1.807) is 7.05 Å². The number of fused-ring (bicyclic) bond motifs is 2. The number of aryl methyl sites for hydroxylation is 1. The molecule has 0 bridgehead atoms. The van der Waals surface area contributed by atoms with Crippen molar-refractivity contribution >= 4 is 32.1 Å². The highest BCUT2D eigenvalue weighted by molar-refractivity contribution is 7.89. The molecule has 9 nitrogen and oxygen atoms in total. The molecule has 0 amide bonds. The number of rotatable bonds is 5. The number of nitrogens with one attached hydrogen (secondary N) is 3. The predicted molar refractivity (Wildman–Crippen MR) is 101 cm³/mol. The Morgan fingerprint density at radius 1 is 1.00 bits per heavy atom. The normalized spacial score (nSPS) is 12.2. The zero-order valence-corrected chi connectivity index (χ0v) is 15.2. The highest BCUT2D eigenvalue weighted by atomic mass is 32.2. The second kappa shape index (κ2) is 6.25. The number of hydrogen-bond donors (Lipinski definition) is 3. The molecule has 0 unspecified atom stereocenters. The van der Waals surface area contributed by atoms with Crippen LogP contribution in [-0.4, -0.2) is 34.1 Å². The standard InChI is InChI=1S/C17H17N5O4S/c1-21-14-4-2-3-5-15(14)22(17(21)24)9-8-18-27(25,26)11-6-7-12-13(10-11)20-16(23)19-12/h2-7,10,18H,8-9H2,1H3,(H2,19,20,23). The van der Waals surface area contributed by atoms with Gasteiger partial charge in [-0.15, -0.1) is 0 Å². The maximum absolute atomic E-state index is 12.5. The van der Waals surface area contributed by atoms with Crippen LogP contribution >= 0.6 is 0 Å². The second-order valence-corrected chi connectivity index (χ2v) is 7.93. The average Bonchev–Trinajstić information content (AvgIpc) is 3.13. The Morgan fingerprint density at radius 3 is 2.48 bits per heavy atom. The van der Waals surface area contributed by atoms with Crippen LogP contribution in [0.25, 0.3) is 22.1 Å². The van der Waals surface area contributed by atoms with Gasteiger partial charge in [0.25, 0.3) is 0 Å². The van der Waals surface area contributed by atoms with E-state index in [0.717, 1.165) is 11.0 Å². The molecule has 0 radical (unpaired) electrons. The average molecular weight is 387 g/mol. The Kier molecular flexibility index (Phi) is 4.01. The van der Waals surface area contributed by atoms with Crippen molar-refractivity contribution in [3.63, 3.8) is 0 Å². The van der Waals surface area contributed by atoms with Gasteiger partial charge in [-0.05, 0) is 30.3 Å². The number of aromatic nitrogens is 4. The van der Waals surface area contributed by atoms with Crippen molar-refractivity contribution in [1.29, 1.82) is 0 Å². The second-order valence-electron chi connectivity index (χ2n) is 6.17. The molecule has 2 aromatic heterocycles. The van der Waals surface area contributed by atoms with E-state index in [1.165, 1.54) is 27.3 Å². The maximum atomic E-state index is 12.5. The Bertz CT molecular complexity index is 1370. The van der Waals surface area contributed by atoms with Gasteiger partial charge >= 0.3 is 11.4 Å². The van der Waals surface area contributed by atoms with E-state index in [2.05, 4.69) is 14.7 Å². The van der Waals surface area contributed by atoms with E-state index in [0.29, 0.717) is 11.0 Å². The molecule has 140 valence electrons. The van der Waals surface area contributed by atoms with Gasteiger partial charge in [-0.2, -0.15) is 0 Å². The monoisotopic (exact) mass is 387 g/mol. The fourth-order valence-electron chi connectivity index (χ4n) is 3.13. The third-order valence-corrected chi connectivity index (χ3v) is 5.94. The summed E-state index contributed by atoms with van der Waals surface area (Å²) in [5.74, 6) is 0. The summed E-state index contributed by atoms with van der Waals surface area (Å²) < 4.78 is 30.6. The lowest BCUT2D eigenvalue weighted by atomic mass is 10.3. The van der Waals surface area contributed by atoms with Gasteiger partial charge in [0.05, 0.1) is 27.0 Å². The van der Waals surface area contributed by atoms with E-state index in [-0.39, 0.29) is 23.7 Å². The summed E-state index contributed by atoms with van der Waals surface area (Å²) in [5, 5.41) is 0. The molecule has 27 heavy (non-hydrogen) atoms. The predicted octanol–water partition coefficient (Wildman–Crippen LogP) is 0.488. The number of para-hydroxylation sites is 2. The number of H-pyrrole nitrogens is 2. The molecule has 0 spiro atoms. The summed E-state index contributed by atoms with van der Waals surface area (Å²) in [6, 6.07) is 11.7. The molecule has 0 aliphatic carbocycles. The van der Waals surface area contributed by atoms with Crippen LogP contribution in [0.15, 0.2) is 56.9 Å². The number of nitrogens with zero attached hydrogens (tertiary/aromatic N) is 2. The summed E-state index contributed by atoms with van der Waals surface area (Å²) in [7, 11) is -2.10. The van der Waals surface area contributed by atoms with Crippen LogP contribution in [0, 0.1) is 0 Å². The topological polar surface area (TPSA) is 122 Å². The molecule has 0 atom stereocenters. The molecule has 4 aromatic rings. The van der Waals surface area contributed by atoms with Gasteiger partial charge in [0.15, 0.2) is 0 Å². The molecule has 0 fully saturated rings. The maximum Gasteiger partial charge on any atom is 0.328 e. The van der Waals surface area contributed by atoms with E-state index >= 15 is 0 Å². The summed E-state index contributed by atoms with van der Waals surface area (Å²) in [6.45, 7) is 0.251. The Morgan fingerprint density at radius 2 is 1.70 bits per heavy atom. The number of aromatic amines is 2. The lowest BCUT2D eigenvalue weighted by Crippen LogP contribution is -2.31. The molecule has 0 aliphatic heterocycles. The van der Waals surface area contributed by atoms with Gasteiger partial charge in [0, 0.05) is 20.1 Å². The molecule has 3 N–H and O–H groups in total. The highest BCUT2D eigenvalue weighted by Crippen LogP contribution is 2.15. The number of sulfonamides is 1. The third-order valence-electron chi connectivity index (χ3n) is 4.48. The SMILES string of the molecule is Cn1c(=O)n(CCNS(=O)(=O)c2ccc3[nH]c(=O)[nH]c3c2)c2ccccc21. The summed E-state index contributed by atoms with van der Waals surface area (Å²) in [4.78, 5) is 28.8. The first-order valence-corrected chi connectivity index (χ1v) is 9.71. The summed E-state index contributed by atoms with van der Waals surface area (Å²) in [5.41, 5.74) is 1.86. The first-order chi connectivity index (χ1) is 12.9. The Balaban J connectivity index is 1.57. The highest BCUT2D eigenvalue weighted by Gasteiger charge is 2.16. The van der Waals surface area contributed by atoms with Gasteiger partial charge in [0.1, 0.15) is 0 Å².